The molecule has 0 saturated heterocycles. The van der Waals surface area contributed by atoms with Crippen molar-refractivity contribution in [1.29, 1.82) is 0 Å². The Morgan fingerprint density at radius 2 is 1.26 bits per heavy atom. The minimum atomic E-state index is -2.73. The first-order valence-electron chi connectivity index (χ1n) is 7.11. The summed E-state index contributed by atoms with van der Waals surface area (Å²) in [7, 11) is -2.73. The number of hydrogen-bond acceptors (Lipinski definition) is 3. The molecule has 0 saturated carbocycles. The summed E-state index contributed by atoms with van der Waals surface area (Å²) in [6.45, 7) is 12.1. The highest BCUT2D eigenvalue weighted by atomic mass is 28.4. The van der Waals surface area contributed by atoms with Gasteiger partial charge in [0.05, 0.1) is 0 Å². The molecule has 0 radical (unpaired) electrons. The van der Waals surface area contributed by atoms with E-state index in [-0.39, 0.29) is 0 Å². The van der Waals surface area contributed by atoms with Crippen molar-refractivity contribution in [3.05, 3.63) is 29.8 Å². The van der Waals surface area contributed by atoms with E-state index in [2.05, 4.69) is 38.1 Å². The average molecular weight is 282 g/mol. The fourth-order valence-electron chi connectivity index (χ4n) is 2.02. The van der Waals surface area contributed by atoms with Crippen molar-refractivity contribution in [1.82, 2.24) is 0 Å². The predicted molar refractivity (Wildman–Crippen MR) is 80.8 cm³/mol. The maximum atomic E-state index is 5.89. The van der Waals surface area contributed by atoms with Crippen LogP contribution in [0.5, 0.6) is 0 Å². The quantitative estimate of drug-likeness (QED) is 0.686. The molecule has 0 N–H and O–H groups in total. The molecule has 4 heteroatoms. The standard InChI is InChI=1S/C15H26O3Si/c1-6-16-19(17-7-2,18-8-3)15-11-9-14(10-12-15)13(4)5/h9-13H,6-8H2,1-5H3. The zero-order chi connectivity index (χ0) is 14.3. The molecule has 0 aliphatic rings. The highest BCUT2D eigenvalue weighted by molar-refractivity contribution is 6.75. The van der Waals surface area contributed by atoms with E-state index < -0.39 is 8.80 Å². The Bertz CT molecular complexity index is 345. The molecule has 0 aliphatic carbocycles. The summed E-state index contributed by atoms with van der Waals surface area (Å²) < 4.78 is 17.7. The van der Waals surface area contributed by atoms with Crippen molar-refractivity contribution in [3.8, 4) is 0 Å². The Hall–Kier alpha value is -0.683. The summed E-state index contributed by atoms with van der Waals surface area (Å²) in [5, 5.41) is 1.04. The normalized spacial score (nSPS) is 12.1. The first-order chi connectivity index (χ1) is 9.09. The topological polar surface area (TPSA) is 27.7 Å². The fourth-order valence-corrected chi connectivity index (χ4v) is 4.48. The van der Waals surface area contributed by atoms with Crippen LogP contribution in [-0.2, 0) is 13.3 Å². The SMILES string of the molecule is CCO[Si](OCC)(OCC)c1ccc(C(C)C)cc1. The fraction of sp³-hybridized carbons (Fsp3) is 0.600. The van der Waals surface area contributed by atoms with Gasteiger partial charge < -0.3 is 13.3 Å². The van der Waals surface area contributed by atoms with Crippen LogP contribution >= 0.6 is 0 Å². The smallest absolute Gasteiger partial charge is 0.370 e. The molecule has 0 bridgehead atoms. The molecular weight excluding hydrogens is 256 g/mol. The lowest BCUT2D eigenvalue weighted by atomic mass is 10.0. The van der Waals surface area contributed by atoms with E-state index in [9.17, 15) is 0 Å². The van der Waals surface area contributed by atoms with Crippen LogP contribution in [0.2, 0.25) is 0 Å². The highest BCUT2D eigenvalue weighted by Crippen LogP contribution is 2.15. The van der Waals surface area contributed by atoms with Crippen molar-refractivity contribution in [2.24, 2.45) is 0 Å². The van der Waals surface area contributed by atoms with Crippen molar-refractivity contribution in [2.45, 2.75) is 40.5 Å². The van der Waals surface area contributed by atoms with Crippen LogP contribution in [0, 0.1) is 0 Å². The third kappa shape index (κ3) is 4.14. The van der Waals surface area contributed by atoms with E-state index in [0.29, 0.717) is 25.7 Å². The maximum Gasteiger partial charge on any atom is 0.537 e. The molecule has 0 atom stereocenters. The molecule has 108 valence electrons. The van der Waals surface area contributed by atoms with E-state index in [1.165, 1.54) is 5.56 Å². The van der Waals surface area contributed by atoms with Gasteiger partial charge in [-0.2, -0.15) is 0 Å². The summed E-state index contributed by atoms with van der Waals surface area (Å²) in [5.74, 6) is 0.524. The van der Waals surface area contributed by atoms with Crippen LogP contribution in [0.1, 0.15) is 46.1 Å². The van der Waals surface area contributed by atoms with E-state index in [4.69, 9.17) is 13.3 Å². The van der Waals surface area contributed by atoms with Gasteiger partial charge in [0.15, 0.2) is 0 Å². The molecule has 0 heterocycles. The summed E-state index contributed by atoms with van der Waals surface area (Å²) in [6, 6.07) is 8.45. The summed E-state index contributed by atoms with van der Waals surface area (Å²) in [6.07, 6.45) is 0. The third-order valence-electron chi connectivity index (χ3n) is 2.93. The maximum absolute atomic E-state index is 5.89. The van der Waals surface area contributed by atoms with E-state index in [1.54, 1.807) is 0 Å². The Morgan fingerprint density at radius 3 is 1.58 bits per heavy atom. The Labute approximate surface area is 118 Å². The zero-order valence-electron chi connectivity index (χ0n) is 12.7. The second-order valence-corrected chi connectivity index (χ2v) is 7.19. The molecule has 19 heavy (non-hydrogen) atoms. The molecule has 1 aromatic carbocycles. The summed E-state index contributed by atoms with van der Waals surface area (Å²) in [4.78, 5) is 0. The van der Waals surface area contributed by atoms with Crippen molar-refractivity contribution >= 4 is 14.0 Å². The minimum absolute atomic E-state index is 0.524. The molecule has 0 spiro atoms. The molecule has 3 nitrogen and oxygen atoms in total. The van der Waals surface area contributed by atoms with Gasteiger partial charge in [0.1, 0.15) is 0 Å². The first kappa shape index (κ1) is 16.4. The van der Waals surface area contributed by atoms with E-state index in [1.807, 2.05) is 20.8 Å². The van der Waals surface area contributed by atoms with Gasteiger partial charge in [-0.25, -0.2) is 0 Å². The largest absolute Gasteiger partial charge is 0.537 e. The van der Waals surface area contributed by atoms with Crippen molar-refractivity contribution in [2.75, 3.05) is 19.8 Å². The van der Waals surface area contributed by atoms with Crippen LogP contribution < -0.4 is 5.19 Å². The van der Waals surface area contributed by atoms with Gasteiger partial charge in [-0.1, -0.05) is 38.1 Å². The van der Waals surface area contributed by atoms with Gasteiger partial charge in [-0.15, -0.1) is 0 Å². The summed E-state index contributed by atoms with van der Waals surface area (Å²) >= 11 is 0. The monoisotopic (exact) mass is 282 g/mol. The lowest BCUT2D eigenvalue weighted by Gasteiger charge is -2.28. The molecule has 1 rings (SSSR count). The molecule has 0 amide bonds. The molecule has 0 fully saturated rings. The zero-order valence-corrected chi connectivity index (χ0v) is 13.7. The van der Waals surface area contributed by atoms with Crippen molar-refractivity contribution < 1.29 is 13.3 Å². The number of rotatable bonds is 8. The average Bonchev–Trinajstić information content (AvgIpc) is 2.39. The van der Waals surface area contributed by atoms with E-state index in [0.717, 1.165) is 5.19 Å². The molecule has 0 unspecified atom stereocenters. The van der Waals surface area contributed by atoms with Gasteiger partial charge in [0.25, 0.3) is 0 Å². The Balaban J connectivity index is 3.07. The van der Waals surface area contributed by atoms with Crippen LogP contribution in [0.3, 0.4) is 0 Å². The van der Waals surface area contributed by atoms with E-state index >= 15 is 0 Å². The number of benzene rings is 1. The van der Waals surface area contributed by atoms with Crippen molar-refractivity contribution in [3.63, 3.8) is 0 Å². The first-order valence-corrected chi connectivity index (χ1v) is 8.84. The molecule has 1 aromatic rings. The number of hydrogen-bond donors (Lipinski definition) is 0. The highest BCUT2D eigenvalue weighted by Gasteiger charge is 2.43. The van der Waals surface area contributed by atoms with Gasteiger partial charge in [-0.05, 0) is 32.3 Å². The molecular formula is C15H26O3Si. The minimum Gasteiger partial charge on any atom is -0.370 e. The Kier molecular flexibility index (Phi) is 6.72. The van der Waals surface area contributed by atoms with Crippen LogP contribution in [0.4, 0.5) is 0 Å². The van der Waals surface area contributed by atoms with Gasteiger partial charge in [0, 0.05) is 25.0 Å². The summed E-state index contributed by atoms with van der Waals surface area (Å²) in [5.41, 5.74) is 1.32. The van der Waals surface area contributed by atoms with Crippen LogP contribution in [0.15, 0.2) is 24.3 Å². The lowest BCUT2D eigenvalue weighted by Crippen LogP contribution is -2.56. The second-order valence-electron chi connectivity index (χ2n) is 4.63. The third-order valence-corrected chi connectivity index (χ3v) is 5.98. The Morgan fingerprint density at radius 1 is 0.842 bits per heavy atom. The van der Waals surface area contributed by atoms with Crippen LogP contribution in [0.25, 0.3) is 0 Å². The molecule has 0 aromatic heterocycles. The predicted octanol–water partition coefficient (Wildman–Crippen LogP) is 3.07. The van der Waals surface area contributed by atoms with Crippen LogP contribution in [-0.4, -0.2) is 28.6 Å². The van der Waals surface area contributed by atoms with Gasteiger partial charge in [-0.3, -0.25) is 0 Å². The molecule has 0 aliphatic heterocycles. The van der Waals surface area contributed by atoms with Gasteiger partial charge >= 0.3 is 8.80 Å². The van der Waals surface area contributed by atoms with Gasteiger partial charge in [0.2, 0.25) is 0 Å². The second kappa shape index (κ2) is 7.80. The lowest BCUT2D eigenvalue weighted by molar-refractivity contribution is 0.0859.